The van der Waals surface area contributed by atoms with E-state index in [0.29, 0.717) is 0 Å². The van der Waals surface area contributed by atoms with Crippen LogP contribution in [0.2, 0.25) is 0 Å². The number of carboxylic acid groups (broad SMARTS) is 1. The zero-order valence-electron chi connectivity index (χ0n) is 8.20. The fraction of sp³-hybridized carbons (Fsp3) is 0.875. The van der Waals surface area contributed by atoms with Gasteiger partial charge in [-0.05, 0) is 13.8 Å². The number of aliphatic hydroxyl groups excluding tert-OH is 1. The van der Waals surface area contributed by atoms with E-state index in [1.165, 1.54) is 14.0 Å². The summed E-state index contributed by atoms with van der Waals surface area (Å²) in [5.41, 5.74) is -1.14. The van der Waals surface area contributed by atoms with Crippen LogP contribution in [0.4, 0.5) is 0 Å². The fourth-order valence-corrected chi connectivity index (χ4v) is 1.04. The Bertz CT molecular complexity index is 174. The molecule has 2 unspecified atom stereocenters. The third-order valence-corrected chi connectivity index (χ3v) is 1.74. The first kappa shape index (κ1) is 12.3. The molecule has 0 rings (SSSR count). The number of carbonyl (C=O) groups is 1. The van der Waals surface area contributed by atoms with E-state index in [2.05, 4.69) is 5.32 Å². The van der Waals surface area contributed by atoms with Crippen molar-refractivity contribution in [3.63, 3.8) is 0 Å². The van der Waals surface area contributed by atoms with Crippen molar-refractivity contribution in [3.8, 4) is 0 Å². The molecule has 0 aliphatic carbocycles. The highest BCUT2D eigenvalue weighted by molar-refractivity contribution is 5.78. The summed E-state index contributed by atoms with van der Waals surface area (Å²) in [6.45, 7) is 3.18. The van der Waals surface area contributed by atoms with E-state index in [4.69, 9.17) is 14.9 Å². The van der Waals surface area contributed by atoms with Gasteiger partial charge in [0.1, 0.15) is 5.54 Å². The summed E-state index contributed by atoms with van der Waals surface area (Å²) in [6, 6.07) is -0.267. The predicted molar refractivity (Wildman–Crippen MR) is 47.6 cm³/mol. The average molecular weight is 191 g/mol. The number of aliphatic carboxylic acids is 1. The second kappa shape index (κ2) is 5.16. The lowest BCUT2D eigenvalue weighted by Crippen LogP contribution is -2.56. The van der Waals surface area contributed by atoms with Crippen LogP contribution in [0.25, 0.3) is 0 Å². The number of carboxylic acids is 1. The van der Waals surface area contributed by atoms with Crippen LogP contribution >= 0.6 is 0 Å². The molecular formula is C8H17NO4. The number of rotatable bonds is 6. The highest BCUT2D eigenvalue weighted by Crippen LogP contribution is 2.05. The largest absolute Gasteiger partial charge is 0.480 e. The number of ether oxygens (including phenoxy) is 1. The van der Waals surface area contributed by atoms with E-state index in [1.807, 2.05) is 0 Å². The monoisotopic (exact) mass is 191 g/mol. The quantitative estimate of drug-likeness (QED) is 0.525. The van der Waals surface area contributed by atoms with Crippen LogP contribution in [0.15, 0.2) is 0 Å². The van der Waals surface area contributed by atoms with Gasteiger partial charge in [0.2, 0.25) is 0 Å². The number of nitrogens with one attached hydrogen (secondary N) is 1. The first-order valence-corrected chi connectivity index (χ1v) is 4.07. The van der Waals surface area contributed by atoms with E-state index < -0.39 is 11.5 Å². The van der Waals surface area contributed by atoms with Crippen LogP contribution in [0.3, 0.4) is 0 Å². The van der Waals surface area contributed by atoms with Crippen molar-refractivity contribution in [1.82, 2.24) is 5.32 Å². The molecule has 0 aromatic carbocycles. The number of methoxy groups -OCH3 is 1. The van der Waals surface area contributed by atoms with Gasteiger partial charge in [-0.3, -0.25) is 10.1 Å². The summed E-state index contributed by atoms with van der Waals surface area (Å²) in [5.74, 6) is -0.991. The van der Waals surface area contributed by atoms with Gasteiger partial charge in [0.15, 0.2) is 0 Å². The van der Waals surface area contributed by atoms with Gasteiger partial charge in [-0.15, -0.1) is 0 Å². The summed E-state index contributed by atoms with van der Waals surface area (Å²) in [7, 11) is 1.44. The zero-order valence-corrected chi connectivity index (χ0v) is 8.20. The third kappa shape index (κ3) is 3.71. The number of aliphatic hydroxyl groups is 1. The van der Waals surface area contributed by atoms with Crippen molar-refractivity contribution in [2.45, 2.75) is 25.4 Å². The van der Waals surface area contributed by atoms with Crippen LogP contribution in [0.5, 0.6) is 0 Å². The lowest BCUT2D eigenvalue weighted by atomic mass is 10.0. The zero-order chi connectivity index (χ0) is 10.5. The molecule has 0 saturated heterocycles. The van der Waals surface area contributed by atoms with Crippen molar-refractivity contribution in [2.75, 3.05) is 20.3 Å². The molecule has 0 amide bonds. The molecule has 2 atom stereocenters. The minimum atomic E-state index is -1.14. The topological polar surface area (TPSA) is 78.8 Å². The van der Waals surface area contributed by atoms with Crippen LogP contribution in [0.1, 0.15) is 13.8 Å². The van der Waals surface area contributed by atoms with Gasteiger partial charge in [-0.1, -0.05) is 0 Å². The summed E-state index contributed by atoms with van der Waals surface area (Å²) in [6.07, 6.45) is 0. The van der Waals surface area contributed by atoms with Gasteiger partial charge in [-0.2, -0.15) is 0 Å². The van der Waals surface area contributed by atoms with E-state index in [9.17, 15) is 4.79 Å². The Morgan fingerprint density at radius 2 is 2.23 bits per heavy atom. The summed E-state index contributed by atoms with van der Waals surface area (Å²) in [4.78, 5) is 10.8. The Hall–Kier alpha value is -0.650. The van der Waals surface area contributed by atoms with Gasteiger partial charge < -0.3 is 14.9 Å². The third-order valence-electron chi connectivity index (χ3n) is 1.74. The molecule has 0 saturated carbocycles. The minimum Gasteiger partial charge on any atom is -0.480 e. The molecule has 0 radical (unpaired) electrons. The van der Waals surface area contributed by atoms with Crippen molar-refractivity contribution in [3.05, 3.63) is 0 Å². The fourth-order valence-electron chi connectivity index (χ4n) is 1.04. The molecule has 0 fully saturated rings. The predicted octanol–water partition coefficient (Wildman–Crippen LogP) is -0.553. The van der Waals surface area contributed by atoms with Crippen LogP contribution in [-0.2, 0) is 9.53 Å². The maximum Gasteiger partial charge on any atom is 0.326 e. The highest BCUT2D eigenvalue weighted by Gasteiger charge is 2.33. The molecule has 78 valence electrons. The van der Waals surface area contributed by atoms with Crippen molar-refractivity contribution in [2.24, 2.45) is 0 Å². The number of hydrogen-bond donors (Lipinski definition) is 3. The van der Waals surface area contributed by atoms with Crippen molar-refractivity contribution in [1.29, 1.82) is 0 Å². The standard InChI is InChI=1S/C8H17NO4/c1-6(4-10)9-8(2,5-13-3)7(11)12/h6,9-10H,4-5H2,1-3H3,(H,11,12). The SMILES string of the molecule is COCC(C)(NC(C)CO)C(=O)O. The number of hydrogen-bond acceptors (Lipinski definition) is 4. The van der Waals surface area contributed by atoms with Gasteiger partial charge in [-0.25, -0.2) is 0 Å². The van der Waals surface area contributed by atoms with Crippen LogP contribution in [-0.4, -0.2) is 48.1 Å². The molecule has 5 nitrogen and oxygen atoms in total. The maximum atomic E-state index is 10.8. The molecule has 0 aromatic rings. The van der Waals surface area contributed by atoms with Gasteiger partial charge in [0, 0.05) is 13.2 Å². The summed E-state index contributed by atoms with van der Waals surface area (Å²) in [5, 5.41) is 20.4. The highest BCUT2D eigenvalue weighted by atomic mass is 16.5. The molecular weight excluding hydrogens is 174 g/mol. The van der Waals surface area contributed by atoms with E-state index in [1.54, 1.807) is 6.92 Å². The lowest BCUT2D eigenvalue weighted by Gasteiger charge is -2.28. The second-order valence-electron chi connectivity index (χ2n) is 3.30. The Labute approximate surface area is 77.7 Å². The second-order valence-corrected chi connectivity index (χ2v) is 3.30. The Balaban J connectivity index is 4.32. The molecule has 0 aliphatic rings. The van der Waals surface area contributed by atoms with Gasteiger partial charge in [0.05, 0.1) is 13.2 Å². The molecule has 0 bridgehead atoms. The van der Waals surface area contributed by atoms with Crippen molar-refractivity contribution >= 4 is 5.97 Å². The molecule has 3 N–H and O–H groups in total. The summed E-state index contributed by atoms with van der Waals surface area (Å²) < 4.78 is 4.79. The molecule has 0 spiro atoms. The first-order valence-electron chi connectivity index (χ1n) is 4.07. The Morgan fingerprint density at radius 3 is 2.54 bits per heavy atom. The Kier molecular flexibility index (Phi) is 4.90. The molecule has 0 aliphatic heterocycles. The summed E-state index contributed by atoms with van der Waals surface area (Å²) >= 11 is 0. The molecule has 13 heavy (non-hydrogen) atoms. The maximum absolute atomic E-state index is 10.8. The van der Waals surface area contributed by atoms with Crippen LogP contribution < -0.4 is 5.32 Å². The van der Waals surface area contributed by atoms with Gasteiger partial charge in [0.25, 0.3) is 0 Å². The van der Waals surface area contributed by atoms with Crippen LogP contribution in [0, 0.1) is 0 Å². The molecule has 5 heteroatoms. The van der Waals surface area contributed by atoms with E-state index >= 15 is 0 Å². The Morgan fingerprint density at radius 1 is 1.69 bits per heavy atom. The first-order chi connectivity index (χ1) is 5.96. The van der Waals surface area contributed by atoms with Gasteiger partial charge >= 0.3 is 5.97 Å². The minimum absolute atomic E-state index is 0.0622. The normalized spacial score (nSPS) is 17.8. The van der Waals surface area contributed by atoms with E-state index in [-0.39, 0.29) is 19.3 Å². The average Bonchev–Trinajstić information content (AvgIpc) is 2.04. The van der Waals surface area contributed by atoms with Crippen molar-refractivity contribution < 1.29 is 19.7 Å². The van der Waals surface area contributed by atoms with E-state index in [0.717, 1.165) is 0 Å². The molecule has 0 heterocycles. The lowest BCUT2D eigenvalue weighted by molar-refractivity contribution is -0.146. The smallest absolute Gasteiger partial charge is 0.326 e. The molecule has 0 aromatic heterocycles.